The average Bonchev–Trinajstić information content (AvgIpc) is 2.53. The van der Waals surface area contributed by atoms with Crippen LogP contribution in [-0.4, -0.2) is 15.9 Å². The van der Waals surface area contributed by atoms with Crippen molar-refractivity contribution in [2.75, 3.05) is 11.1 Å². The van der Waals surface area contributed by atoms with Gasteiger partial charge < -0.3 is 11.1 Å². The number of hydrogen-bond donors (Lipinski definition) is 2. The summed E-state index contributed by atoms with van der Waals surface area (Å²) < 4.78 is 0. The maximum atomic E-state index is 12.0. The molecular weight excluding hydrogens is 276 g/mol. The first-order chi connectivity index (χ1) is 10.7. The van der Waals surface area contributed by atoms with Crippen molar-refractivity contribution in [1.82, 2.24) is 9.97 Å². The number of carbonyl (C=O) groups is 1. The van der Waals surface area contributed by atoms with Crippen molar-refractivity contribution in [1.29, 1.82) is 0 Å². The van der Waals surface area contributed by atoms with E-state index in [2.05, 4.69) is 15.3 Å². The van der Waals surface area contributed by atoms with E-state index in [1.54, 1.807) is 12.3 Å². The highest BCUT2D eigenvalue weighted by molar-refractivity contribution is 5.95. The maximum Gasteiger partial charge on any atom is 0.226 e. The van der Waals surface area contributed by atoms with E-state index in [0.29, 0.717) is 18.1 Å². The molecule has 0 fully saturated rings. The van der Waals surface area contributed by atoms with Gasteiger partial charge in [-0.1, -0.05) is 24.3 Å². The number of nitrogens with zero attached hydrogens (tertiary/aromatic N) is 2. The highest BCUT2D eigenvalue weighted by Gasteiger charge is 2.28. The lowest BCUT2D eigenvalue weighted by Gasteiger charge is -2.26. The molecule has 2 aromatic heterocycles. The standard InChI is InChI=1S/C17H14N4O/c18-15-7-6-12-13(9-16(22)21-17(12)20-15)10-3-1-5-14-11(10)4-2-8-19-14/h1-8,13H,9H2,(H3,18,20,21,22)/t13-/m1/s1. The van der Waals surface area contributed by atoms with Gasteiger partial charge in [0.15, 0.2) is 0 Å². The Balaban J connectivity index is 1.94. The summed E-state index contributed by atoms with van der Waals surface area (Å²) in [5.41, 5.74) is 8.74. The lowest BCUT2D eigenvalue weighted by molar-refractivity contribution is -0.116. The molecule has 1 aliphatic rings. The molecule has 0 unspecified atom stereocenters. The van der Waals surface area contributed by atoms with Gasteiger partial charge in [0.2, 0.25) is 5.91 Å². The van der Waals surface area contributed by atoms with Crippen molar-refractivity contribution in [2.24, 2.45) is 0 Å². The number of nitrogen functional groups attached to an aromatic ring is 1. The number of pyridine rings is 2. The number of hydrogen-bond acceptors (Lipinski definition) is 4. The fraction of sp³-hybridized carbons (Fsp3) is 0.118. The van der Waals surface area contributed by atoms with Gasteiger partial charge in [0, 0.05) is 29.5 Å². The third kappa shape index (κ3) is 1.98. The Morgan fingerprint density at radius 1 is 1.09 bits per heavy atom. The van der Waals surface area contributed by atoms with E-state index in [-0.39, 0.29) is 11.8 Å². The number of aromatic nitrogens is 2. The van der Waals surface area contributed by atoms with Crippen LogP contribution >= 0.6 is 0 Å². The summed E-state index contributed by atoms with van der Waals surface area (Å²) in [6, 6.07) is 13.7. The van der Waals surface area contributed by atoms with Gasteiger partial charge in [-0.3, -0.25) is 9.78 Å². The third-order valence-electron chi connectivity index (χ3n) is 4.03. The van der Waals surface area contributed by atoms with Gasteiger partial charge in [0.05, 0.1) is 5.52 Å². The lowest BCUT2D eigenvalue weighted by Crippen LogP contribution is -2.24. The Hall–Kier alpha value is -2.95. The van der Waals surface area contributed by atoms with E-state index in [9.17, 15) is 4.79 Å². The summed E-state index contributed by atoms with van der Waals surface area (Å²) in [7, 11) is 0. The Morgan fingerprint density at radius 2 is 2.00 bits per heavy atom. The summed E-state index contributed by atoms with van der Waals surface area (Å²) in [6.45, 7) is 0. The van der Waals surface area contributed by atoms with Crippen molar-refractivity contribution >= 4 is 28.4 Å². The van der Waals surface area contributed by atoms with Gasteiger partial charge in [-0.15, -0.1) is 0 Å². The predicted molar refractivity (Wildman–Crippen MR) is 85.5 cm³/mol. The summed E-state index contributed by atoms with van der Waals surface area (Å²) in [5.74, 6) is 0.877. The van der Waals surface area contributed by atoms with Gasteiger partial charge >= 0.3 is 0 Å². The third-order valence-corrected chi connectivity index (χ3v) is 4.03. The van der Waals surface area contributed by atoms with Crippen LogP contribution in [0, 0.1) is 0 Å². The molecule has 5 heteroatoms. The van der Waals surface area contributed by atoms with Crippen molar-refractivity contribution in [3.05, 3.63) is 59.8 Å². The molecule has 0 spiro atoms. The van der Waals surface area contributed by atoms with Gasteiger partial charge in [-0.2, -0.15) is 0 Å². The van der Waals surface area contributed by atoms with Crippen molar-refractivity contribution in [3.63, 3.8) is 0 Å². The monoisotopic (exact) mass is 290 g/mol. The molecule has 1 aromatic carbocycles. The molecule has 0 saturated carbocycles. The molecule has 0 aliphatic carbocycles. The number of nitrogens with one attached hydrogen (secondary N) is 1. The number of nitrogens with two attached hydrogens (primary N) is 1. The molecule has 1 atom stereocenters. The van der Waals surface area contributed by atoms with Crippen molar-refractivity contribution in [2.45, 2.75) is 12.3 Å². The number of amides is 1. The molecule has 0 bridgehead atoms. The minimum atomic E-state index is -0.0449. The van der Waals surface area contributed by atoms with Gasteiger partial charge in [0.1, 0.15) is 11.6 Å². The largest absolute Gasteiger partial charge is 0.384 e. The molecule has 108 valence electrons. The molecule has 3 aromatic rings. The van der Waals surface area contributed by atoms with E-state index >= 15 is 0 Å². The van der Waals surface area contributed by atoms with E-state index in [1.165, 1.54) is 0 Å². The molecule has 3 N–H and O–H groups in total. The molecule has 3 heterocycles. The number of benzene rings is 1. The van der Waals surface area contributed by atoms with Crippen molar-refractivity contribution in [3.8, 4) is 0 Å². The SMILES string of the molecule is Nc1ccc2c(n1)NC(=O)C[C@@H]2c1cccc2ncccc12. The topological polar surface area (TPSA) is 80.9 Å². The van der Waals surface area contributed by atoms with E-state index in [0.717, 1.165) is 22.0 Å². The smallest absolute Gasteiger partial charge is 0.226 e. The summed E-state index contributed by atoms with van der Waals surface area (Å²) in [5, 5.41) is 3.87. The maximum absolute atomic E-state index is 12.0. The van der Waals surface area contributed by atoms with Gasteiger partial charge in [-0.25, -0.2) is 4.98 Å². The fourth-order valence-electron chi connectivity index (χ4n) is 3.05. The highest BCUT2D eigenvalue weighted by atomic mass is 16.1. The molecule has 5 nitrogen and oxygen atoms in total. The second-order valence-corrected chi connectivity index (χ2v) is 5.40. The molecular formula is C17H14N4O. The van der Waals surface area contributed by atoms with Crippen LogP contribution in [0.3, 0.4) is 0 Å². The van der Waals surface area contributed by atoms with Crippen molar-refractivity contribution < 1.29 is 4.79 Å². The Kier molecular flexibility index (Phi) is 2.79. The predicted octanol–water partition coefficient (Wildman–Crippen LogP) is 2.69. The van der Waals surface area contributed by atoms with Gasteiger partial charge in [-0.05, 0) is 23.8 Å². The first kappa shape index (κ1) is 12.8. The Bertz CT molecular complexity index is 885. The lowest BCUT2D eigenvalue weighted by atomic mass is 9.84. The number of rotatable bonds is 1. The van der Waals surface area contributed by atoms with E-state index < -0.39 is 0 Å². The molecule has 4 rings (SSSR count). The zero-order valence-electron chi connectivity index (χ0n) is 11.8. The molecule has 1 amide bonds. The molecule has 0 radical (unpaired) electrons. The Labute approximate surface area is 127 Å². The zero-order chi connectivity index (χ0) is 15.1. The number of carbonyl (C=O) groups excluding carboxylic acids is 1. The van der Waals surface area contributed by atoms with Crippen LogP contribution in [0.4, 0.5) is 11.6 Å². The normalized spacial score (nSPS) is 17.1. The van der Waals surface area contributed by atoms with Crippen LogP contribution < -0.4 is 11.1 Å². The molecule has 0 saturated heterocycles. The number of anilines is 2. The van der Waals surface area contributed by atoms with Crippen LogP contribution in [0.25, 0.3) is 10.9 Å². The Morgan fingerprint density at radius 3 is 2.91 bits per heavy atom. The highest BCUT2D eigenvalue weighted by Crippen LogP contribution is 2.38. The molecule has 1 aliphatic heterocycles. The quantitative estimate of drug-likeness (QED) is 0.722. The molecule has 22 heavy (non-hydrogen) atoms. The second kappa shape index (κ2) is 4.80. The minimum Gasteiger partial charge on any atom is -0.384 e. The first-order valence-corrected chi connectivity index (χ1v) is 7.12. The fourth-order valence-corrected chi connectivity index (χ4v) is 3.05. The first-order valence-electron chi connectivity index (χ1n) is 7.12. The van der Waals surface area contributed by atoms with E-state index in [4.69, 9.17) is 5.73 Å². The summed E-state index contributed by atoms with van der Waals surface area (Å²) >= 11 is 0. The minimum absolute atomic E-state index is 0.0373. The van der Waals surface area contributed by atoms with Crippen LogP contribution in [0.15, 0.2) is 48.7 Å². The van der Waals surface area contributed by atoms with Gasteiger partial charge in [0.25, 0.3) is 0 Å². The second-order valence-electron chi connectivity index (χ2n) is 5.40. The summed E-state index contributed by atoms with van der Waals surface area (Å²) in [4.78, 5) is 20.7. The van der Waals surface area contributed by atoms with Crippen LogP contribution in [-0.2, 0) is 4.79 Å². The zero-order valence-corrected chi connectivity index (χ0v) is 11.8. The van der Waals surface area contributed by atoms with Crippen LogP contribution in [0.5, 0.6) is 0 Å². The number of fused-ring (bicyclic) bond motifs is 2. The van der Waals surface area contributed by atoms with Crippen LogP contribution in [0.2, 0.25) is 0 Å². The summed E-state index contributed by atoms with van der Waals surface area (Å²) in [6.07, 6.45) is 2.17. The average molecular weight is 290 g/mol. The van der Waals surface area contributed by atoms with Crippen LogP contribution in [0.1, 0.15) is 23.5 Å². The van der Waals surface area contributed by atoms with E-state index in [1.807, 2.05) is 36.4 Å².